The molecule has 6 nitrogen and oxygen atoms in total. The third-order valence-corrected chi connectivity index (χ3v) is 4.45. The summed E-state index contributed by atoms with van der Waals surface area (Å²) in [5.41, 5.74) is 1.35. The summed E-state index contributed by atoms with van der Waals surface area (Å²) in [6.45, 7) is 2.04. The number of carbonyl (C=O) groups is 1. The fourth-order valence-electron chi connectivity index (χ4n) is 2.10. The van der Waals surface area contributed by atoms with Gasteiger partial charge in [-0.1, -0.05) is 0 Å². The second kappa shape index (κ2) is 7.94. The Kier molecular flexibility index (Phi) is 5.95. The zero-order valence-corrected chi connectivity index (χ0v) is 14.2. The van der Waals surface area contributed by atoms with Crippen molar-refractivity contribution in [2.75, 3.05) is 26.1 Å². The summed E-state index contributed by atoms with van der Waals surface area (Å²) in [5.74, 6) is 0.813. The standard InChI is InChI=1S/C16H20N2O4S/c1-10-14(5-4-8-19)23-16(17-10)18-15(20)11-6-7-12(21-2)13(9-11)22-3/h6-7,9,19H,4-5,8H2,1-3H3,(H,17,18,20). The maximum atomic E-state index is 12.3. The van der Waals surface area contributed by atoms with Crippen molar-refractivity contribution in [3.05, 3.63) is 34.3 Å². The van der Waals surface area contributed by atoms with Crippen molar-refractivity contribution in [2.24, 2.45) is 0 Å². The van der Waals surface area contributed by atoms with Crippen LogP contribution in [0, 0.1) is 6.92 Å². The second-order valence-corrected chi connectivity index (χ2v) is 5.96. The van der Waals surface area contributed by atoms with Gasteiger partial charge in [0.15, 0.2) is 16.6 Å². The van der Waals surface area contributed by atoms with E-state index in [-0.39, 0.29) is 12.5 Å². The normalized spacial score (nSPS) is 10.4. The Hall–Kier alpha value is -2.12. The lowest BCUT2D eigenvalue weighted by molar-refractivity contribution is 0.102. The number of aliphatic hydroxyl groups is 1. The van der Waals surface area contributed by atoms with Crippen molar-refractivity contribution in [2.45, 2.75) is 19.8 Å². The van der Waals surface area contributed by atoms with Gasteiger partial charge in [-0.15, -0.1) is 11.3 Å². The molecule has 0 aliphatic heterocycles. The van der Waals surface area contributed by atoms with E-state index in [4.69, 9.17) is 14.6 Å². The molecule has 0 aliphatic rings. The van der Waals surface area contributed by atoms with Crippen LogP contribution in [0.5, 0.6) is 11.5 Å². The van der Waals surface area contributed by atoms with E-state index in [9.17, 15) is 4.79 Å². The first-order valence-electron chi connectivity index (χ1n) is 7.19. The summed E-state index contributed by atoms with van der Waals surface area (Å²) in [4.78, 5) is 17.8. The van der Waals surface area contributed by atoms with Crippen LogP contribution in [0.4, 0.5) is 5.13 Å². The van der Waals surface area contributed by atoms with E-state index in [1.807, 2.05) is 6.92 Å². The van der Waals surface area contributed by atoms with Crippen LogP contribution in [0.3, 0.4) is 0 Å². The quantitative estimate of drug-likeness (QED) is 0.812. The number of ether oxygens (including phenoxy) is 2. The molecule has 2 rings (SSSR count). The Bertz CT molecular complexity index is 685. The zero-order valence-electron chi connectivity index (χ0n) is 13.4. The SMILES string of the molecule is COc1ccc(C(=O)Nc2nc(C)c(CCCO)s2)cc1OC. The first kappa shape index (κ1) is 17.2. The third-order valence-electron chi connectivity index (χ3n) is 3.32. The highest BCUT2D eigenvalue weighted by Gasteiger charge is 2.14. The van der Waals surface area contributed by atoms with Crippen molar-refractivity contribution >= 4 is 22.4 Å². The number of methoxy groups -OCH3 is 2. The number of aromatic nitrogens is 1. The van der Waals surface area contributed by atoms with Crippen LogP contribution < -0.4 is 14.8 Å². The van der Waals surface area contributed by atoms with Crippen LogP contribution in [-0.2, 0) is 6.42 Å². The Morgan fingerprint density at radius 1 is 1.30 bits per heavy atom. The molecule has 0 unspecified atom stereocenters. The lowest BCUT2D eigenvalue weighted by atomic mass is 10.2. The number of nitrogens with zero attached hydrogens (tertiary/aromatic N) is 1. The number of hydrogen-bond donors (Lipinski definition) is 2. The van der Waals surface area contributed by atoms with E-state index in [1.165, 1.54) is 18.4 Å². The third kappa shape index (κ3) is 4.20. The van der Waals surface area contributed by atoms with Gasteiger partial charge >= 0.3 is 0 Å². The molecule has 0 aliphatic carbocycles. The van der Waals surface area contributed by atoms with Gasteiger partial charge in [0.05, 0.1) is 19.9 Å². The molecule has 0 saturated heterocycles. The molecule has 1 aromatic heterocycles. The molecule has 0 atom stereocenters. The van der Waals surface area contributed by atoms with Crippen molar-refractivity contribution in [3.63, 3.8) is 0 Å². The molecule has 1 heterocycles. The maximum absolute atomic E-state index is 12.3. The van der Waals surface area contributed by atoms with Crippen LogP contribution in [0.25, 0.3) is 0 Å². The number of thiazole rings is 1. The van der Waals surface area contributed by atoms with Crippen molar-refractivity contribution in [3.8, 4) is 11.5 Å². The smallest absolute Gasteiger partial charge is 0.257 e. The molecule has 0 saturated carbocycles. The van der Waals surface area contributed by atoms with Gasteiger partial charge in [-0.3, -0.25) is 10.1 Å². The molecule has 1 amide bonds. The lowest BCUT2D eigenvalue weighted by Crippen LogP contribution is -2.11. The summed E-state index contributed by atoms with van der Waals surface area (Å²) in [6, 6.07) is 4.98. The average molecular weight is 336 g/mol. The van der Waals surface area contributed by atoms with Gasteiger partial charge in [-0.25, -0.2) is 4.98 Å². The van der Waals surface area contributed by atoms with Crippen LogP contribution in [0.15, 0.2) is 18.2 Å². The van der Waals surface area contributed by atoms with Gasteiger partial charge in [-0.2, -0.15) is 0 Å². The Balaban J connectivity index is 2.13. The van der Waals surface area contributed by atoms with Gasteiger partial charge < -0.3 is 14.6 Å². The van der Waals surface area contributed by atoms with Crippen LogP contribution in [-0.4, -0.2) is 36.8 Å². The fraction of sp³-hybridized carbons (Fsp3) is 0.375. The predicted molar refractivity (Wildman–Crippen MR) is 89.8 cm³/mol. The number of rotatable bonds is 7. The molecule has 0 radical (unpaired) electrons. The summed E-state index contributed by atoms with van der Waals surface area (Å²) in [5, 5.41) is 12.2. The summed E-state index contributed by atoms with van der Waals surface area (Å²) in [7, 11) is 3.07. The largest absolute Gasteiger partial charge is 0.493 e. The minimum absolute atomic E-state index is 0.144. The van der Waals surface area contributed by atoms with E-state index in [1.54, 1.807) is 25.3 Å². The molecule has 2 N–H and O–H groups in total. The molecule has 23 heavy (non-hydrogen) atoms. The Morgan fingerprint density at radius 3 is 2.70 bits per heavy atom. The highest BCUT2D eigenvalue weighted by atomic mass is 32.1. The molecule has 0 fully saturated rings. The summed E-state index contributed by atoms with van der Waals surface area (Å²) in [6.07, 6.45) is 1.44. The first-order chi connectivity index (χ1) is 11.1. The van der Waals surface area contributed by atoms with Gasteiger partial charge in [-0.05, 0) is 38.0 Å². The molecule has 124 valence electrons. The highest BCUT2D eigenvalue weighted by molar-refractivity contribution is 7.15. The molecule has 7 heteroatoms. The number of aliphatic hydroxyl groups excluding tert-OH is 1. The second-order valence-electron chi connectivity index (χ2n) is 4.88. The topological polar surface area (TPSA) is 80.7 Å². The molecule has 1 aromatic carbocycles. The number of carbonyl (C=O) groups excluding carboxylic acids is 1. The minimum Gasteiger partial charge on any atom is -0.493 e. The molecule has 2 aromatic rings. The van der Waals surface area contributed by atoms with Crippen molar-refractivity contribution in [1.82, 2.24) is 4.98 Å². The van der Waals surface area contributed by atoms with Crippen LogP contribution in [0.2, 0.25) is 0 Å². The monoisotopic (exact) mass is 336 g/mol. The summed E-state index contributed by atoms with van der Waals surface area (Å²) >= 11 is 1.43. The molecular weight excluding hydrogens is 316 g/mol. The molecule has 0 bridgehead atoms. The minimum atomic E-state index is -0.256. The predicted octanol–water partition coefficient (Wildman–Crippen LogP) is 2.65. The number of nitrogens with one attached hydrogen (secondary N) is 1. The molecular formula is C16H20N2O4S. The fourth-order valence-corrected chi connectivity index (χ4v) is 3.10. The van der Waals surface area contributed by atoms with E-state index in [2.05, 4.69) is 10.3 Å². The van der Waals surface area contributed by atoms with Crippen molar-refractivity contribution < 1.29 is 19.4 Å². The number of anilines is 1. The number of amides is 1. The average Bonchev–Trinajstić information content (AvgIpc) is 2.91. The van der Waals surface area contributed by atoms with E-state index >= 15 is 0 Å². The van der Waals surface area contributed by atoms with Gasteiger partial charge in [0.25, 0.3) is 5.91 Å². The van der Waals surface area contributed by atoms with Gasteiger partial charge in [0.1, 0.15) is 0 Å². The Labute approximate surface area is 139 Å². The van der Waals surface area contributed by atoms with Gasteiger partial charge in [0, 0.05) is 17.0 Å². The number of benzene rings is 1. The van der Waals surface area contributed by atoms with Crippen LogP contribution in [0.1, 0.15) is 27.3 Å². The van der Waals surface area contributed by atoms with E-state index in [0.29, 0.717) is 28.6 Å². The number of aryl methyl sites for hydroxylation is 2. The van der Waals surface area contributed by atoms with Gasteiger partial charge in [0.2, 0.25) is 0 Å². The van der Waals surface area contributed by atoms with E-state index < -0.39 is 0 Å². The lowest BCUT2D eigenvalue weighted by Gasteiger charge is -2.09. The molecule has 0 spiro atoms. The highest BCUT2D eigenvalue weighted by Crippen LogP contribution is 2.29. The van der Waals surface area contributed by atoms with Crippen LogP contribution >= 0.6 is 11.3 Å². The first-order valence-corrected chi connectivity index (χ1v) is 8.01. The summed E-state index contributed by atoms with van der Waals surface area (Å²) < 4.78 is 10.4. The van der Waals surface area contributed by atoms with Crippen molar-refractivity contribution in [1.29, 1.82) is 0 Å². The zero-order chi connectivity index (χ0) is 16.8. The maximum Gasteiger partial charge on any atom is 0.257 e. The Morgan fingerprint density at radius 2 is 2.04 bits per heavy atom. The number of hydrogen-bond acceptors (Lipinski definition) is 6. The van der Waals surface area contributed by atoms with E-state index in [0.717, 1.165) is 17.0 Å².